The number of hydrogen-bond acceptors (Lipinski definition) is 3. The minimum Gasteiger partial charge on any atom is -0.508 e. The van der Waals surface area contributed by atoms with Crippen molar-refractivity contribution in [1.29, 1.82) is 0 Å². The topological polar surface area (TPSA) is 49.7 Å². The Hall–Kier alpha value is -1.74. The van der Waals surface area contributed by atoms with Gasteiger partial charge >= 0.3 is 0 Å². The van der Waals surface area contributed by atoms with Crippen LogP contribution in [0.2, 0.25) is 0 Å². The number of ether oxygens (including phenoxy) is 1. The lowest BCUT2D eigenvalue weighted by atomic mass is 9.48. The van der Waals surface area contributed by atoms with Crippen LogP contribution in [0.4, 0.5) is 0 Å². The summed E-state index contributed by atoms with van der Waals surface area (Å²) in [4.78, 5) is 0. The van der Waals surface area contributed by atoms with Crippen LogP contribution in [-0.2, 0) is 0 Å². The van der Waals surface area contributed by atoms with Crippen molar-refractivity contribution in [3.05, 3.63) is 41.5 Å². The molecule has 0 aromatic heterocycles. The monoisotopic (exact) mass is 466 g/mol. The summed E-state index contributed by atoms with van der Waals surface area (Å²) in [5, 5.41) is 21.0. The molecule has 1 aliphatic heterocycles. The molecule has 6 atom stereocenters. The molecule has 1 aromatic rings. The first kappa shape index (κ1) is 25.4. The summed E-state index contributed by atoms with van der Waals surface area (Å²) in [5.41, 5.74) is 2.78. The molecule has 1 heterocycles. The van der Waals surface area contributed by atoms with E-state index in [9.17, 15) is 10.2 Å². The van der Waals surface area contributed by atoms with E-state index < -0.39 is 0 Å². The van der Waals surface area contributed by atoms with Crippen LogP contribution >= 0.6 is 0 Å². The summed E-state index contributed by atoms with van der Waals surface area (Å²) in [6.07, 6.45) is 15.3. The molecular formula is C31H46O3. The highest BCUT2D eigenvalue weighted by atomic mass is 16.5. The number of hydrogen-bond donors (Lipinski definition) is 2. The Bertz CT molecular complexity index is 944. The van der Waals surface area contributed by atoms with Gasteiger partial charge in [0.15, 0.2) is 0 Å². The van der Waals surface area contributed by atoms with Gasteiger partial charge in [-0.2, -0.15) is 0 Å². The molecule has 4 rings (SSSR count). The van der Waals surface area contributed by atoms with Gasteiger partial charge in [0.2, 0.25) is 0 Å². The summed E-state index contributed by atoms with van der Waals surface area (Å²) < 4.78 is 6.28. The first-order valence-electron chi connectivity index (χ1n) is 13.5. The maximum Gasteiger partial charge on any atom is 0.128 e. The largest absolute Gasteiger partial charge is 0.508 e. The first-order valence-corrected chi connectivity index (χ1v) is 13.5. The summed E-state index contributed by atoms with van der Waals surface area (Å²) in [6, 6.07) is 5.26. The number of fused-ring (bicyclic) bond motifs is 2. The summed E-state index contributed by atoms with van der Waals surface area (Å²) >= 11 is 0. The van der Waals surface area contributed by atoms with Crippen molar-refractivity contribution in [1.82, 2.24) is 0 Å². The van der Waals surface area contributed by atoms with Crippen LogP contribution < -0.4 is 4.74 Å². The average molecular weight is 467 g/mol. The van der Waals surface area contributed by atoms with Crippen LogP contribution in [0.5, 0.6) is 11.5 Å². The van der Waals surface area contributed by atoms with Crippen molar-refractivity contribution in [2.24, 2.45) is 28.6 Å². The number of aromatic hydroxyl groups is 1. The van der Waals surface area contributed by atoms with Crippen molar-refractivity contribution in [3.63, 3.8) is 0 Å². The summed E-state index contributed by atoms with van der Waals surface area (Å²) in [6.45, 7) is 14.1. The number of rotatable bonds is 7. The third kappa shape index (κ3) is 4.96. The number of aliphatic hydroxyl groups excluding tert-OH is 1. The zero-order chi connectivity index (χ0) is 24.7. The van der Waals surface area contributed by atoms with E-state index in [-0.39, 0.29) is 23.4 Å². The molecule has 0 spiro atoms. The predicted molar refractivity (Wildman–Crippen MR) is 141 cm³/mol. The zero-order valence-corrected chi connectivity index (χ0v) is 22.2. The van der Waals surface area contributed by atoms with Crippen LogP contribution in [0.25, 0.3) is 6.08 Å². The second-order valence-corrected chi connectivity index (χ2v) is 12.8. The van der Waals surface area contributed by atoms with E-state index in [1.807, 2.05) is 6.07 Å². The minimum atomic E-state index is -0.342. The molecule has 188 valence electrons. The lowest BCUT2D eigenvalue weighted by Crippen LogP contribution is -2.49. The molecule has 0 amide bonds. The van der Waals surface area contributed by atoms with Crippen LogP contribution in [-0.4, -0.2) is 21.9 Å². The SMILES string of the molecule is CC1=CCC2C(C)(C)CCC[C@]2(C)C1C[C@@H](O)[C@H](C)CCCC1(C)C=Cc2cc(O)ccc2O1. The Morgan fingerprint density at radius 3 is 2.68 bits per heavy atom. The predicted octanol–water partition coefficient (Wildman–Crippen LogP) is 7.91. The molecule has 0 radical (unpaired) electrons. The Morgan fingerprint density at radius 1 is 1.15 bits per heavy atom. The van der Waals surface area contributed by atoms with Crippen LogP contribution in [0.3, 0.4) is 0 Å². The maximum atomic E-state index is 11.3. The van der Waals surface area contributed by atoms with Crippen LogP contribution in [0.1, 0.15) is 98.5 Å². The molecule has 1 aromatic carbocycles. The van der Waals surface area contributed by atoms with E-state index in [0.717, 1.165) is 37.0 Å². The van der Waals surface area contributed by atoms with Gasteiger partial charge in [-0.1, -0.05) is 51.8 Å². The minimum absolute atomic E-state index is 0.262. The van der Waals surface area contributed by atoms with E-state index in [0.29, 0.717) is 22.7 Å². The Balaban J connectivity index is 1.33. The van der Waals surface area contributed by atoms with Crippen molar-refractivity contribution >= 4 is 6.08 Å². The van der Waals surface area contributed by atoms with E-state index in [4.69, 9.17) is 4.74 Å². The van der Waals surface area contributed by atoms with Crippen molar-refractivity contribution in [2.45, 2.75) is 105 Å². The van der Waals surface area contributed by atoms with E-state index in [1.54, 1.807) is 12.1 Å². The average Bonchev–Trinajstić information content (AvgIpc) is 2.75. The second kappa shape index (κ2) is 9.37. The van der Waals surface area contributed by atoms with Gasteiger partial charge in [0, 0.05) is 5.56 Å². The van der Waals surface area contributed by atoms with Crippen molar-refractivity contribution < 1.29 is 14.9 Å². The molecule has 2 aliphatic carbocycles. The molecule has 0 saturated heterocycles. The van der Waals surface area contributed by atoms with Gasteiger partial charge in [0.25, 0.3) is 0 Å². The summed E-state index contributed by atoms with van der Waals surface area (Å²) in [7, 11) is 0. The highest BCUT2D eigenvalue weighted by Crippen LogP contribution is 2.60. The number of allylic oxidation sites excluding steroid dienone is 2. The molecule has 3 aliphatic rings. The Labute approximate surface area is 207 Å². The number of benzene rings is 1. The van der Waals surface area contributed by atoms with Gasteiger partial charge in [0.1, 0.15) is 17.1 Å². The lowest BCUT2D eigenvalue weighted by molar-refractivity contribution is -0.0543. The fraction of sp³-hybridized carbons (Fsp3) is 0.677. The third-order valence-corrected chi connectivity index (χ3v) is 9.72. The van der Waals surface area contributed by atoms with E-state index in [1.165, 1.54) is 31.3 Å². The van der Waals surface area contributed by atoms with E-state index in [2.05, 4.69) is 59.8 Å². The number of phenols is 1. The number of aliphatic hydroxyl groups is 1. The molecule has 3 nitrogen and oxygen atoms in total. The van der Waals surface area contributed by atoms with Gasteiger partial charge in [0.05, 0.1) is 6.10 Å². The Morgan fingerprint density at radius 2 is 1.91 bits per heavy atom. The normalized spacial score (nSPS) is 33.8. The van der Waals surface area contributed by atoms with Crippen molar-refractivity contribution in [3.8, 4) is 11.5 Å². The zero-order valence-electron chi connectivity index (χ0n) is 22.2. The van der Waals surface area contributed by atoms with Gasteiger partial charge in [-0.3, -0.25) is 0 Å². The molecule has 2 N–H and O–H groups in total. The lowest BCUT2D eigenvalue weighted by Gasteiger charge is -2.57. The second-order valence-electron chi connectivity index (χ2n) is 12.8. The van der Waals surface area contributed by atoms with Gasteiger partial charge < -0.3 is 14.9 Å². The highest BCUT2D eigenvalue weighted by molar-refractivity contribution is 5.62. The van der Waals surface area contributed by atoms with Crippen LogP contribution in [0, 0.1) is 28.6 Å². The third-order valence-electron chi connectivity index (χ3n) is 9.72. The standard InChI is InChI=1S/C31H46O3/c1-21-10-13-28-29(3,4)15-8-17-31(28,6)25(21)20-26(33)22(2)9-7-16-30(5)18-14-23-19-24(32)11-12-27(23)34-30/h10-12,14,18-19,22,25-26,28,32-33H,7-9,13,15-17,20H2,1-6H3/t22-,25?,26-,28?,30?,31-/m1/s1. The van der Waals surface area contributed by atoms with Gasteiger partial charge in [-0.25, -0.2) is 0 Å². The van der Waals surface area contributed by atoms with Crippen LogP contribution in [0.15, 0.2) is 35.9 Å². The number of phenolic OH excluding ortho intramolecular Hbond substituents is 1. The van der Waals surface area contributed by atoms with Crippen molar-refractivity contribution in [2.75, 3.05) is 0 Å². The fourth-order valence-electron chi connectivity index (χ4n) is 7.48. The molecular weight excluding hydrogens is 420 g/mol. The van der Waals surface area contributed by atoms with E-state index >= 15 is 0 Å². The fourth-order valence-corrected chi connectivity index (χ4v) is 7.48. The highest BCUT2D eigenvalue weighted by Gasteiger charge is 2.52. The molecule has 1 fully saturated rings. The molecule has 34 heavy (non-hydrogen) atoms. The van der Waals surface area contributed by atoms with Gasteiger partial charge in [-0.15, -0.1) is 0 Å². The maximum absolute atomic E-state index is 11.3. The molecule has 0 bridgehead atoms. The first-order chi connectivity index (χ1) is 15.9. The summed E-state index contributed by atoms with van der Waals surface area (Å²) in [5.74, 6) is 2.56. The smallest absolute Gasteiger partial charge is 0.128 e. The molecule has 3 unspecified atom stereocenters. The van der Waals surface area contributed by atoms with Gasteiger partial charge in [-0.05, 0) is 112 Å². The molecule has 3 heteroatoms. The quantitative estimate of drug-likeness (QED) is 0.401. The Kier molecular flexibility index (Phi) is 6.99. The molecule has 1 saturated carbocycles.